The van der Waals surface area contributed by atoms with E-state index >= 15 is 0 Å². The van der Waals surface area contributed by atoms with Gasteiger partial charge in [-0.1, -0.05) is 56.3 Å². The number of methoxy groups -OCH3 is 2. The van der Waals surface area contributed by atoms with Crippen molar-refractivity contribution in [1.82, 2.24) is 14.5 Å². The van der Waals surface area contributed by atoms with E-state index in [4.69, 9.17) is 14.5 Å². The van der Waals surface area contributed by atoms with Crippen LogP contribution in [0, 0.1) is 0 Å². The lowest BCUT2D eigenvalue weighted by Gasteiger charge is -2.33. The van der Waals surface area contributed by atoms with Crippen molar-refractivity contribution in [3.05, 3.63) is 124 Å². The Kier molecular flexibility index (Phi) is 10.4. The highest BCUT2D eigenvalue weighted by atomic mass is 19.4. The van der Waals surface area contributed by atoms with E-state index in [9.17, 15) is 22.8 Å². The van der Waals surface area contributed by atoms with E-state index < -0.39 is 23.8 Å². The molecule has 0 saturated heterocycles. The Morgan fingerprint density at radius 3 is 2.23 bits per heavy atom. The number of hydrogen-bond acceptors (Lipinski definition) is 5. The molecule has 1 N–H and O–H groups in total. The molecule has 4 aromatic carbocycles. The SMILES string of the molecule is CCc1ccc(-n2c(C(CC)N(CCc3ccc(OC)c(OC)c3)C(=O)Nc3ccccc3C(F)(F)F)nc3ccccc3c2=O)cc1. The van der Waals surface area contributed by atoms with Crippen LogP contribution in [0.5, 0.6) is 11.5 Å². The summed E-state index contributed by atoms with van der Waals surface area (Å²) in [5, 5.41) is 2.91. The highest BCUT2D eigenvalue weighted by molar-refractivity contribution is 5.90. The number of hydrogen-bond donors (Lipinski definition) is 1. The van der Waals surface area contributed by atoms with Gasteiger partial charge in [0.15, 0.2) is 11.5 Å². The second kappa shape index (κ2) is 14.6. The summed E-state index contributed by atoms with van der Waals surface area (Å²) < 4.78 is 54.1. The molecule has 1 aromatic heterocycles. The van der Waals surface area contributed by atoms with Gasteiger partial charge < -0.3 is 19.7 Å². The van der Waals surface area contributed by atoms with Gasteiger partial charge in [0.2, 0.25) is 0 Å². The highest BCUT2D eigenvalue weighted by Gasteiger charge is 2.35. The standard InChI is InChI=1S/C37H37F3N4O4/c1-5-24-15-18-26(19-16-24)44-34(41-29-13-9-7-11-27(29)35(44)45)31(6-2)43(22-21-25-17-20-32(47-3)33(23-25)48-4)36(46)42-30-14-10-8-12-28(30)37(38,39)40/h7-20,23,31H,5-6,21-22H2,1-4H3,(H,42,46). The van der Waals surface area contributed by atoms with Gasteiger partial charge >= 0.3 is 12.2 Å². The molecule has 5 rings (SSSR count). The smallest absolute Gasteiger partial charge is 0.418 e. The largest absolute Gasteiger partial charge is 0.493 e. The number of rotatable bonds is 11. The van der Waals surface area contributed by atoms with Gasteiger partial charge in [0.1, 0.15) is 5.82 Å². The maximum Gasteiger partial charge on any atom is 0.418 e. The first-order valence-corrected chi connectivity index (χ1v) is 15.6. The summed E-state index contributed by atoms with van der Waals surface area (Å²) in [5.41, 5.74) is 1.22. The van der Waals surface area contributed by atoms with Crippen molar-refractivity contribution in [3.8, 4) is 17.2 Å². The van der Waals surface area contributed by atoms with E-state index in [1.807, 2.05) is 44.2 Å². The van der Waals surface area contributed by atoms with Crippen LogP contribution in [0.4, 0.5) is 23.7 Å². The molecule has 1 heterocycles. The molecule has 1 unspecified atom stereocenters. The minimum atomic E-state index is -4.69. The van der Waals surface area contributed by atoms with Gasteiger partial charge in [-0.15, -0.1) is 0 Å². The first kappa shape index (κ1) is 34.0. The summed E-state index contributed by atoms with van der Waals surface area (Å²) >= 11 is 0. The molecule has 5 aromatic rings. The molecule has 0 spiro atoms. The number of halogens is 3. The maximum absolute atomic E-state index is 14.2. The molecular weight excluding hydrogens is 621 g/mol. The van der Waals surface area contributed by atoms with E-state index in [-0.39, 0.29) is 23.6 Å². The molecule has 8 nitrogen and oxygen atoms in total. The molecule has 0 saturated carbocycles. The second-order valence-corrected chi connectivity index (χ2v) is 11.2. The Bertz CT molecular complexity index is 1960. The van der Waals surface area contributed by atoms with E-state index in [0.29, 0.717) is 40.9 Å². The topological polar surface area (TPSA) is 85.7 Å². The first-order chi connectivity index (χ1) is 23.1. The highest BCUT2D eigenvalue weighted by Crippen LogP contribution is 2.36. The lowest BCUT2D eigenvalue weighted by Crippen LogP contribution is -2.42. The molecular formula is C37H37F3N4O4. The van der Waals surface area contributed by atoms with Crippen molar-refractivity contribution >= 4 is 22.6 Å². The number of fused-ring (bicyclic) bond motifs is 1. The van der Waals surface area contributed by atoms with Crippen LogP contribution in [0.15, 0.2) is 95.8 Å². The van der Waals surface area contributed by atoms with E-state index in [1.165, 1.54) is 41.9 Å². The number of anilines is 1. The summed E-state index contributed by atoms with van der Waals surface area (Å²) in [4.78, 5) is 34.7. The normalized spacial score (nSPS) is 12.1. The Hall–Kier alpha value is -5.32. The number of aryl methyl sites for hydroxylation is 1. The molecule has 250 valence electrons. The van der Waals surface area contributed by atoms with Gasteiger partial charge in [-0.05, 0) is 78.9 Å². The van der Waals surface area contributed by atoms with E-state index in [1.54, 1.807) is 36.4 Å². The molecule has 48 heavy (non-hydrogen) atoms. The maximum atomic E-state index is 14.2. The number of amides is 2. The third-order valence-electron chi connectivity index (χ3n) is 8.29. The van der Waals surface area contributed by atoms with Crippen molar-refractivity contribution in [2.75, 3.05) is 26.1 Å². The molecule has 0 aliphatic rings. The Balaban J connectivity index is 1.65. The van der Waals surface area contributed by atoms with Crippen LogP contribution in [-0.4, -0.2) is 41.2 Å². The zero-order valence-corrected chi connectivity index (χ0v) is 27.2. The Morgan fingerprint density at radius 2 is 1.56 bits per heavy atom. The van der Waals surface area contributed by atoms with Crippen molar-refractivity contribution in [2.24, 2.45) is 0 Å². The van der Waals surface area contributed by atoms with E-state index in [2.05, 4.69) is 5.32 Å². The quantitative estimate of drug-likeness (QED) is 0.155. The van der Waals surface area contributed by atoms with Crippen LogP contribution < -0.4 is 20.3 Å². The van der Waals surface area contributed by atoms with Crippen molar-refractivity contribution in [2.45, 2.75) is 45.3 Å². The molecule has 11 heteroatoms. The number of carbonyl (C=O) groups excluding carboxylic acids is 1. The number of carbonyl (C=O) groups is 1. The molecule has 0 radical (unpaired) electrons. The van der Waals surface area contributed by atoms with Gasteiger partial charge in [0, 0.05) is 6.54 Å². The van der Waals surface area contributed by atoms with Gasteiger partial charge in [0.05, 0.1) is 48.1 Å². The van der Waals surface area contributed by atoms with Crippen molar-refractivity contribution < 1.29 is 27.4 Å². The van der Waals surface area contributed by atoms with Gasteiger partial charge in [-0.25, -0.2) is 9.78 Å². The summed E-state index contributed by atoms with van der Waals surface area (Å²) in [5.74, 6) is 1.32. The average molecular weight is 659 g/mol. The summed E-state index contributed by atoms with van der Waals surface area (Å²) in [7, 11) is 3.05. The van der Waals surface area contributed by atoms with Crippen LogP contribution >= 0.6 is 0 Å². The van der Waals surface area contributed by atoms with Crippen LogP contribution in [0.2, 0.25) is 0 Å². The third kappa shape index (κ3) is 7.15. The molecule has 0 fully saturated rings. The molecule has 0 aliphatic carbocycles. The predicted octanol–water partition coefficient (Wildman–Crippen LogP) is 8.21. The Morgan fingerprint density at radius 1 is 0.896 bits per heavy atom. The zero-order chi connectivity index (χ0) is 34.4. The minimum Gasteiger partial charge on any atom is -0.493 e. The number of benzene rings is 4. The van der Waals surface area contributed by atoms with Gasteiger partial charge in [0.25, 0.3) is 5.56 Å². The molecule has 2 amide bonds. The summed E-state index contributed by atoms with van der Waals surface area (Å²) in [6.45, 7) is 3.95. The lowest BCUT2D eigenvalue weighted by molar-refractivity contribution is -0.136. The van der Waals surface area contributed by atoms with Crippen molar-refractivity contribution in [3.63, 3.8) is 0 Å². The number of para-hydroxylation sites is 2. The molecule has 0 bridgehead atoms. The summed E-state index contributed by atoms with van der Waals surface area (Å²) in [6.07, 6.45) is -3.27. The predicted molar refractivity (Wildman–Crippen MR) is 180 cm³/mol. The molecule has 1 atom stereocenters. The van der Waals surface area contributed by atoms with Crippen LogP contribution in [0.3, 0.4) is 0 Å². The fraction of sp³-hybridized carbons (Fsp3) is 0.270. The van der Waals surface area contributed by atoms with Crippen LogP contribution in [-0.2, 0) is 19.0 Å². The Labute approximate surface area is 276 Å². The third-order valence-corrected chi connectivity index (χ3v) is 8.29. The first-order valence-electron chi connectivity index (χ1n) is 15.6. The second-order valence-electron chi connectivity index (χ2n) is 11.2. The zero-order valence-electron chi connectivity index (χ0n) is 27.2. The van der Waals surface area contributed by atoms with Crippen molar-refractivity contribution in [1.29, 1.82) is 0 Å². The lowest BCUT2D eigenvalue weighted by atomic mass is 10.1. The number of aromatic nitrogens is 2. The van der Waals surface area contributed by atoms with Crippen LogP contribution in [0.25, 0.3) is 16.6 Å². The number of nitrogens with one attached hydrogen (secondary N) is 1. The summed E-state index contributed by atoms with van der Waals surface area (Å²) in [6, 6.07) is 23.1. The number of urea groups is 1. The average Bonchev–Trinajstić information content (AvgIpc) is 3.09. The van der Waals surface area contributed by atoms with Crippen LogP contribution in [0.1, 0.15) is 48.8 Å². The number of ether oxygens (including phenoxy) is 2. The van der Waals surface area contributed by atoms with Gasteiger partial charge in [-0.2, -0.15) is 13.2 Å². The van der Waals surface area contributed by atoms with E-state index in [0.717, 1.165) is 23.6 Å². The molecule has 0 aliphatic heterocycles. The minimum absolute atomic E-state index is 0.0749. The fourth-order valence-corrected chi connectivity index (χ4v) is 5.76. The van der Waals surface area contributed by atoms with Gasteiger partial charge in [-0.3, -0.25) is 9.36 Å². The number of nitrogens with zero attached hydrogens (tertiary/aromatic N) is 3. The fourth-order valence-electron chi connectivity index (χ4n) is 5.76. The number of alkyl halides is 3. The monoisotopic (exact) mass is 658 g/mol.